The van der Waals surface area contributed by atoms with E-state index in [9.17, 15) is 21.6 Å². The zero-order valence-electron chi connectivity index (χ0n) is 16.6. The Morgan fingerprint density at radius 1 is 1.20 bits per heavy atom. The summed E-state index contributed by atoms with van der Waals surface area (Å²) in [7, 11) is -2.17. The maximum Gasteiger partial charge on any atom is 0.416 e. The molecular weight excluding hydrogens is 419 g/mol. The highest BCUT2D eigenvalue weighted by Gasteiger charge is 2.33. The highest BCUT2D eigenvalue weighted by atomic mass is 32.2. The lowest BCUT2D eigenvalue weighted by Gasteiger charge is -2.21. The third-order valence-corrected chi connectivity index (χ3v) is 7.26. The maximum absolute atomic E-state index is 13.4. The molecule has 0 N–H and O–H groups in total. The number of likely N-dealkylation sites (N-methyl/N-ethyl adjacent to an activating group) is 1. The molecule has 3 heterocycles. The summed E-state index contributed by atoms with van der Waals surface area (Å²) in [6.45, 7) is 4.36. The van der Waals surface area contributed by atoms with E-state index in [0.29, 0.717) is 18.5 Å². The van der Waals surface area contributed by atoms with Crippen molar-refractivity contribution in [1.29, 1.82) is 0 Å². The lowest BCUT2D eigenvalue weighted by Crippen LogP contribution is -2.23. The van der Waals surface area contributed by atoms with Crippen LogP contribution in [0.15, 0.2) is 39.9 Å². The molecule has 1 aliphatic rings. The minimum atomic E-state index is -4.53. The van der Waals surface area contributed by atoms with Gasteiger partial charge in [0.25, 0.3) is 10.0 Å². The van der Waals surface area contributed by atoms with E-state index in [4.69, 9.17) is 4.52 Å². The van der Waals surface area contributed by atoms with Crippen LogP contribution in [0.3, 0.4) is 0 Å². The summed E-state index contributed by atoms with van der Waals surface area (Å²) in [5.41, 5.74) is 0.862. The van der Waals surface area contributed by atoms with Crippen LogP contribution in [0.25, 0.3) is 16.5 Å². The molecule has 0 amide bonds. The number of hydrogen-bond donors (Lipinski definition) is 0. The first kappa shape index (κ1) is 20.7. The van der Waals surface area contributed by atoms with E-state index in [-0.39, 0.29) is 27.3 Å². The van der Waals surface area contributed by atoms with Crippen molar-refractivity contribution < 1.29 is 26.1 Å². The fourth-order valence-corrected chi connectivity index (χ4v) is 5.46. The Morgan fingerprint density at radius 3 is 2.50 bits per heavy atom. The van der Waals surface area contributed by atoms with Gasteiger partial charge in [-0.3, -0.25) is 0 Å². The molecule has 1 aliphatic heterocycles. The van der Waals surface area contributed by atoms with Gasteiger partial charge in [0.1, 0.15) is 5.69 Å². The molecule has 10 heteroatoms. The molecule has 160 valence electrons. The van der Waals surface area contributed by atoms with Crippen molar-refractivity contribution in [2.45, 2.75) is 31.3 Å². The number of halogens is 3. The first-order valence-corrected chi connectivity index (χ1v) is 10.7. The molecule has 0 radical (unpaired) electrons. The van der Waals surface area contributed by atoms with Gasteiger partial charge < -0.3 is 9.42 Å². The molecule has 1 aromatic carbocycles. The molecule has 0 bridgehead atoms. The molecule has 6 nitrogen and oxygen atoms in total. The van der Waals surface area contributed by atoms with Crippen LogP contribution in [-0.4, -0.2) is 42.6 Å². The number of aromatic nitrogens is 2. The third kappa shape index (κ3) is 3.33. The summed E-state index contributed by atoms with van der Waals surface area (Å²) in [6, 6.07) is 3.12. The van der Waals surface area contributed by atoms with Crippen molar-refractivity contribution >= 4 is 26.5 Å². The number of alkyl halides is 3. The van der Waals surface area contributed by atoms with E-state index in [1.165, 1.54) is 26.1 Å². The minimum Gasteiger partial charge on any atom is -0.360 e. The predicted molar refractivity (Wildman–Crippen MR) is 106 cm³/mol. The molecular formula is C20H20F3N3O3S. The van der Waals surface area contributed by atoms with Crippen LogP contribution < -0.4 is 0 Å². The van der Waals surface area contributed by atoms with Crippen LogP contribution >= 0.6 is 0 Å². The molecule has 4 rings (SSSR count). The van der Waals surface area contributed by atoms with Crippen LogP contribution in [-0.2, 0) is 16.2 Å². The number of rotatable bonds is 3. The molecule has 2 aromatic heterocycles. The van der Waals surface area contributed by atoms with Crippen molar-refractivity contribution in [3.8, 4) is 0 Å². The Morgan fingerprint density at radius 2 is 1.93 bits per heavy atom. The number of benzene rings is 1. The van der Waals surface area contributed by atoms with E-state index < -0.39 is 21.8 Å². The Hall–Kier alpha value is -2.59. The molecule has 0 saturated heterocycles. The second-order valence-electron chi connectivity index (χ2n) is 7.47. The Bertz CT molecular complexity index is 1250. The normalized spacial score (nSPS) is 16.3. The summed E-state index contributed by atoms with van der Waals surface area (Å²) in [5.74, 6) is 0.126. The van der Waals surface area contributed by atoms with Crippen molar-refractivity contribution in [2.75, 3.05) is 20.1 Å². The van der Waals surface area contributed by atoms with Gasteiger partial charge in [-0.05, 0) is 51.1 Å². The molecule has 0 unspecified atom stereocenters. The second kappa shape index (κ2) is 6.98. The topological polar surface area (TPSA) is 68.3 Å². The highest BCUT2D eigenvalue weighted by molar-refractivity contribution is 7.90. The average molecular weight is 439 g/mol. The largest absolute Gasteiger partial charge is 0.416 e. The molecule has 0 aliphatic carbocycles. The van der Waals surface area contributed by atoms with E-state index in [2.05, 4.69) is 10.1 Å². The van der Waals surface area contributed by atoms with E-state index >= 15 is 0 Å². The van der Waals surface area contributed by atoms with Gasteiger partial charge in [-0.15, -0.1) is 0 Å². The standard InChI is InChI=1S/C20H20F3N3O3S/c1-12-19(13(2)29-24-12)30(27,28)26-11-17(14-6-8-25(3)9-7-14)16-10-15(20(21,22)23)4-5-18(16)26/h4-6,10-11H,7-9H2,1-3H3. The summed E-state index contributed by atoms with van der Waals surface area (Å²) in [5, 5.41) is 3.95. The number of hydrogen-bond acceptors (Lipinski definition) is 5. The average Bonchev–Trinajstić information content (AvgIpc) is 3.22. The van der Waals surface area contributed by atoms with E-state index in [0.717, 1.165) is 28.2 Å². The molecule has 0 spiro atoms. The van der Waals surface area contributed by atoms with Gasteiger partial charge in [0, 0.05) is 30.2 Å². The minimum absolute atomic E-state index is 0.0804. The van der Waals surface area contributed by atoms with Gasteiger partial charge in [0.05, 0.1) is 11.1 Å². The Balaban J connectivity index is 2.00. The van der Waals surface area contributed by atoms with Crippen LogP contribution in [0.4, 0.5) is 13.2 Å². The fourth-order valence-electron chi connectivity index (χ4n) is 3.79. The summed E-state index contributed by atoms with van der Waals surface area (Å²) in [4.78, 5) is 1.99. The molecule has 3 aromatic rings. The van der Waals surface area contributed by atoms with Crippen LogP contribution in [0.5, 0.6) is 0 Å². The Labute approximate surface area is 171 Å². The van der Waals surface area contributed by atoms with Crippen molar-refractivity contribution in [1.82, 2.24) is 14.0 Å². The van der Waals surface area contributed by atoms with Gasteiger partial charge in [0.15, 0.2) is 10.7 Å². The SMILES string of the molecule is Cc1noc(C)c1S(=O)(=O)n1cc(C2=CCN(C)CC2)c2cc(C(F)(F)F)ccc21. The van der Waals surface area contributed by atoms with Gasteiger partial charge in [-0.1, -0.05) is 11.2 Å². The fraction of sp³-hybridized carbons (Fsp3) is 0.350. The lowest BCUT2D eigenvalue weighted by molar-refractivity contribution is -0.137. The van der Waals surface area contributed by atoms with Gasteiger partial charge in [0.2, 0.25) is 0 Å². The summed E-state index contributed by atoms with van der Waals surface area (Å²) < 4.78 is 72.9. The second-order valence-corrected chi connectivity index (χ2v) is 9.22. The van der Waals surface area contributed by atoms with E-state index in [1.807, 2.05) is 13.1 Å². The van der Waals surface area contributed by atoms with Gasteiger partial charge in [-0.2, -0.15) is 13.2 Å². The monoisotopic (exact) mass is 439 g/mol. The molecule has 0 fully saturated rings. The smallest absolute Gasteiger partial charge is 0.360 e. The molecule has 0 saturated carbocycles. The first-order valence-electron chi connectivity index (χ1n) is 9.29. The highest BCUT2D eigenvalue weighted by Crippen LogP contribution is 2.38. The van der Waals surface area contributed by atoms with Crippen molar-refractivity contribution in [3.05, 3.63) is 53.1 Å². The number of nitrogens with zero attached hydrogens (tertiary/aromatic N) is 3. The lowest BCUT2D eigenvalue weighted by atomic mass is 9.98. The number of fused-ring (bicyclic) bond motifs is 1. The predicted octanol–water partition coefficient (Wildman–Crippen LogP) is 4.22. The Kier molecular flexibility index (Phi) is 4.81. The van der Waals surface area contributed by atoms with Crippen molar-refractivity contribution in [3.63, 3.8) is 0 Å². The van der Waals surface area contributed by atoms with Crippen LogP contribution in [0, 0.1) is 13.8 Å². The summed E-state index contributed by atoms with van der Waals surface area (Å²) >= 11 is 0. The quantitative estimate of drug-likeness (QED) is 0.611. The van der Waals surface area contributed by atoms with Crippen LogP contribution in [0.1, 0.15) is 29.0 Å². The zero-order chi connectivity index (χ0) is 21.8. The van der Waals surface area contributed by atoms with Gasteiger partial charge in [-0.25, -0.2) is 12.4 Å². The maximum atomic E-state index is 13.4. The van der Waals surface area contributed by atoms with Gasteiger partial charge >= 0.3 is 6.18 Å². The number of aryl methyl sites for hydroxylation is 2. The summed E-state index contributed by atoms with van der Waals surface area (Å²) in [6.07, 6.45) is -0.596. The van der Waals surface area contributed by atoms with E-state index in [1.54, 1.807) is 0 Å². The molecule has 30 heavy (non-hydrogen) atoms. The van der Waals surface area contributed by atoms with Crippen molar-refractivity contribution in [2.24, 2.45) is 0 Å². The first-order chi connectivity index (χ1) is 14.0. The third-order valence-electron chi connectivity index (χ3n) is 5.34. The zero-order valence-corrected chi connectivity index (χ0v) is 17.4. The molecule has 0 atom stereocenters. The van der Waals surface area contributed by atoms with Crippen LogP contribution in [0.2, 0.25) is 0 Å².